The van der Waals surface area contributed by atoms with Crippen molar-refractivity contribution in [3.63, 3.8) is 0 Å². The van der Waals surface area contributed by atoms with Gasteiger partial charge in [0.05, 0.1) is 19.0 Å². The third-order valence-electron chi connectivity index (χ3n) is 7.03. The molecule has 36 heavy (non-hydrogen) atoms. The first-order chi connectivity index (χ1) is 17.3. The summed E-state index contributed by atoms with van der Waals surface area (Å²) in [6.45, 7) is 4.29. The summed E-state index contributed by atoms with van der Waals surface area (Å²) in [6.07, 6.45) is 10.3. The monoisotopic (exact) mass is 491 g/mol. The Balaban J connectivity index is 1.51. The number of methoxy groups -OCH3 is 1. The number of carbonyl (C=O) groups excluding carboxylic acids is 2. The van der Waals surface area contributed by atoms with Gasteiger partial charge in [-0.3, -0.25) is 9.69 Å². The van der Waals surface area contributed by atoms with Crippen LogP contribution >= 0.6 is 0 Å². The summed E-state index contributed by atoms with van der Waals surface area (Å²) in [5.41, 5.74) is 2.73. The Morgan fingerprint density at radius 3 is 2.50 bits per heavy atom. The van der Waals surface area contributed by atoms with Crippen LogP contribution in [0.2, 0.25) is 0 Å². The van der Waals surface area contributed by atoms with Crippen molar-refractivity contribution >= 4 is 35.3 Å². The van der Waals surface area contributed by atoms with E-state index in [1.807, 2.05) is 55.2 Å². The first-order valence-electron chi connectivity index (χ1n) is 12.8. The lowest BCUT2D eigenvalue weighted by Gasteiger charge is -2.43. The third kappa shape index (κ3) is 6.22. The number of anilines is 3. The number of rotatable bonds is 8. The number of ether oxygens (including phenoxy) is 1. The van der Waals surface area contributed by atoms with Gasteiger partial charge in [0.15, 0.2) is 0 Å². The van der Waals surface area contributed by atoms with Crippen molar-refractivity contribution in [3.05, 3.63) is 47.8 Å². The van der Waals surface area contributed by atoms with Crippen LogP contribution in [0.4, 0.5) is 17.3 Å². The van der Waals surface area contributed by atoms with Gasteiger partial charge >= 0.3 is 5.97 Å². The number of aryl methyl sites for hydroxylation is 1. The van der Waals surface area contributed by atoms with E-state index < -0.39 is 5.97 Å². The molecule has 1 aliphatic heterocycles. The molecule has 3 heterocycles. The average Bonchev–Trinajstić information content (AvgIpc) is 2.86. The molecule has 0 radical (unpaired) electrons. The number of carbonyl (C=O) groups is 2. The molecule has 8 heteroatoms. The van der Waals surface area contributed by atoms with E-state index in [0.717, 1.165) is 61.5 Å². The molecule has 192 valence electrons. The van der Waals surface area contributed by atoms with Crippen molar-refractivity contribution in [1.29, 1.82) is 0 Å². The summed E-state index contributed by atoms with van der Waals surface area (Å²) in [6, 6.07) is 7.93. The zero-order valence-corrected chi connectivity index (χ0v) is 21.8. The van der Waals surface area contributed by atoms with Crippen LogP contribution in [0.25, 0.3) is 6.08 Å². The largest absolute Gasteiger partial charge is 0.466 e. The summed E-state index contributed by atoms with van der Waals surface area (Å²) >= 11 is 0. The Hall–Kier alpha value is -3.42. The lowest BCUT2D eigenvalue weighted by Crippen LogP contribution is -2.53. The molecule has 8 nitrogen and oxygen atoms in total. The van der Waals surface area contributed by atoms with E-state index in [1.165, 1.54) is 19.6 Å². The number of aromatic nitrogens is 2. The second-order valence-corrected chi connectivity index (χ2v) is 10.1. The molecule has 1 aliphatic carbocycles. The minimum atomic E-state index is -0.413. The predicted molar refractivity (Wildman–Crippen MR) is 143 cm³/mol. The molecule has 0 bridgehead atoms. The van der Waals surface area contributed by atoms with Gasteiger partial charge < -0.3 is 14.5 Å². The van der Waals surface area contributed by atoms with E-state index in [9.17, 15) is 9.59 Å². The molecule has 4 rings (SSSR count). The number of pyridine rings is 2. The van der Waals surface area contributed by atoms with Crippen LogP contribution in [0.5, 0.6) is 0 Å². The molecule has 1 amide bonds. The number of esters is 1. The van der Waals surface area contributed by atoms with Crippen LogP contribution < -0.4 is 14.7 Å². The lowest BCUT2D eigenvalue weighted by molar-refractivity contribution is -0.134. The number of amides is 1. The zero-order chi connectivity index (χ0) is 25.7. The van der Waals surface area contributed by atoms with Crippen LogP contribution in [0.15, 0.2) is 36.5 Å². The van der Waals surface area contributed by atoms with Crippen LogP contribution in [0.3, 0.4) is 0 Å². The summed E-state index contributed by atoms with van der Waals surface area (Å²) in [7, 11) is 5.32. The maximum Gasteiger partial charge on any atom is 0.330 e. The third-order valence-corrected chi connectivity index (χ3v) is 7.03. The highest BCUT2D eigenvalue weighted by Gasteiger charge is 2.34. The van der Waals surface area contributed by atoms with Crippen LogP contribution in [0.1, 0.15) is 43.4 Å². The standard InChI is InChI=1S/C28H37N5O3/c1-20-14-21(10-13-27(34)36-4)15-26(30-20)33(28(35)23-8-6-5-7-9-23)19-22-17-32(18-22)24-11-12-25(29-16-24)31(2)3/h10-16,22-23H,5-9,17-19H2,1-4H3/b13-10+. The summed E-state index contributed by atoms with van der Waals surface area (Å²) in [5, 5.41) is 0. The molecular weight excluding hydrogens is 454 g/mol. The van der Waals surface area contributed by atoms with E-state index in [2.05, 4.69) is 16.0 Å². The quantitative estimate of drug-likeness (QED) is 0.407. The fourth-order valence-corrected chi connectivity index (χ4v) is 4.99. The highest BCUT2D eigenvalue weighted by molar-refractivity contribution is 5.95. The average molecular weight is 492 g/mol. The molecule has 2 aromatic rings. The Kier molecular flexibility index (Phi) is 8.23. The Bertz CT molecular complexity index is 1090. The first-order valence-corrected chi connectivity index (χ1v) is 12.8. The molecule has 0 N–H and O–H groups in total. The first kappa shape index (κ1) is 25.7. The summed E-state index contributed by atoms with van der Waals surface area (Å²) in [5.74, 6) is 1.75. The normalized spacial score (nSPS) is 16.6. The lowest BCUT2D eigenvalue weighted by atomic mass is 9.87. The highest BCUT2D eigenvalue weighted by Crippen LogP contribution is 2.31. The molecule has 0 unspecified atom stereocenters. The molecule has 1 saturated heterocycles. The fraction of sp³-hybridized carbons (Fsp3) is 0.500. The maximum absolute atomic E-state index is 13.7. The van der Waals surface area contributed by atoms with E-state index in [0.29, 0.717) is 18.3 Å². The maximum atomic E-state index is 13.7. The van der Waals surface area contributed by atoms with E-state index in [1.54, 1.807) is 6.08 Å². The van der Waals surface area contributed by atoms with Crippen molar-refractivity contribution < 1.29 is 14.3 Å². The molecule has 0 atom stereocenters. The number of hydrogen-bond donors (Lipinski definition) is 0. The Morgan fingerprint density at radius 1 is 1.11 bits per heavy atom. The minimum Gasteiger partial charge on any atom is -0.466 e. The summed E-state index contributed by atoms with van der Waals surface area (Å²) < 4.78 is 4.72. The molecule has 2 aliphatic rings. The van der Waals surface area contributed by atoms with Gasteiger partial charge in [0.2, 0.25) is 5.91 Å². The molecule has 2 aromatic heterocycles. The van der Waals surface area contributed by atoms with Crippen LogP contribution in [0, 0.1) is 18.8 Å². The van der Waals surface area contributed by atoms with Crippen molar-refractivity contribution in [1.82, 2.24) is 9.97 Å². The molecule has 0 spiro atoms. The van der Waals surface area contributed by atoms with Crippen LogP contribution in [-0.4, -0.2) is 62.7 Å². The van der Waals surface area contributed by atoms with Gasteiger partial charge in [-0.25, -0.2) is 14.8 Å². The molecule has 2 fully saturated rings. The van der Waals surface area contributed by atoms with Crippen molar-refractivity contribution in [2.45, 2.75) is 39.0 Å². The van der Waals surface area contributed by atoms with Crippen molar-refractivity contribution in [3.8, 4) is 0 Å². The summed E-state index contributed by atoms with van der Waals surface area (Å²) in [4.78, 5) is 40.8. The van der Waals surface area contributed by atoms with Gasteiger partial charge in [0, 0.05) is 57.3 Å². The Morgan fingerprint density at radius 2 is 1.86 bits per heavy atom. The zero-order valence-electron chi connectivity index (χ0n) is 21.8. The van der Waals surface area contributed by atoms with Gasteiger partial charge in [-0.1, -0.05) is 19.3 Å². The SMILES string of the molecule is COC(=O)/C=C/c1cc(C)nc(N(CC2CN(c3ccc(N(C)C)nc3)C2)C(=O)C2CCCCC2)c1. The molecular formula is C28H37N5O3. The van der Waals surface area contributed by atoms with Gasteiger partial charge in [0.25, 0.3) is 0 Å². The number of hydrogen-bond acceptors (Lipinski definition) is 7. The highest BCUT2D eigenvalue weighted by atomic mass is 16.5. The molecule has 0 aromatic carbocycles. The minimum absolute atomic E-state index is 0.0501. The second kappa shape index (κ2) is 11.5. The molecule has 1 saturated carbocycles. The van der Waals surface area contributed by atoms with Gasteiger partial charge in [-0.2, -0.15) is 0 Å². The van der Waals surface area contributed by atoms with Gasteiger partial charge in [-0.15, -0.1) is 0 Å². The van der Waals surface area contributed by atoms with Gasteiger partial charge in [0.1, 0.15) is 11.6 Å². The smallest absolute Gasteiger partial charge is 0.330 e. The predicted octanol–water partition coefficient (Wildman–Crippen LogP) is 4.09. The fourth-order valence-electron chi connectivity index (χ4n) is 4.99. The van der Waals surface area contributed by atoms with E-state index >= 15 is 0 Å². The van der Waals surface area contributed by atoms with Crippen LogP contribution in [-0.2, 0) is 14.3 Å². The topological polar surface area (TPSA) is 78.9 Å². The second-order valence-electron chi connectivity index (χ2n) is 10.1. The Labute approximate surface area is 214 Å². The number of nitrogens with zero attached hydrogens (tertiary/aromatic N) is 5. The van der Waals surface area contributed by atoms with Gasteiger partial charge in [-0.05, 0) is 55.7 Å². The van der Waals surface area contributed by atoms with Crippen molar-refractivity contribution in [2.75, 3.05) is 55.5 Å². The van der Waals surface area contributed by atoms with E-state index in [4.69, 9.17) is 9.72 Å². The van der Waals surface area contributed by atoms with E-state index in [-0.39, 0.29) is 11.8 Å². The van der Waals surface area contributed by atoms with Crippen molar-refractivity contribution in [2.24, 2.45) is 11.8 Å².